The molecule has 25 heavy (non-hydrogen) atoms. The van der Waals surface area contributed by atoms with Crippen molar-refractivity contribution in [3.63, 3.8) is 0 Å². The van der Waals surface area contributed by atoms with Gasteiger partial charge >= 0.3 is 0 Å². The summed E-state index contributed by atoms with van der Waals surface area (Å²) in [5.41, 5.74) is 3.98. The van der Waals surface area contributed by atoms with E-state index in [0.717, 1.165) is 25.7 Å². The van der Waals surface area contributed by atoms with E-state index in [4.69, 9.17) is 9.47 Å². The predicted molar refractivity (Wildman–Crippen MR) is 99.1 cm³/mol. The Bertz CT molecular complexity index is 476. The number of ether oxygens (including phenoxy) is 2. The van der Waals surface area contributed by atoms with Crippen LogP contribution < -0.4 is 0 Å². The molecule has 1 aliphatic heterocycles. The van der Waals surface area contributed by atoms with Gasteiger partial charge in [-0.1, -0.05) is 34.9 Å². The van der Waals surface area contributed by atoms with E-state index >= 15 is 0 Å². The van der Waals surface area contributed by atoms with E-state index in [9.17, 15) is 15.3 Å². The Morgan fingerprint density at radius 2 is 1.52 bits per heavy atom. The van der Waals surface area contributed by atoms with Crippen molar-refractivity contribution >= 4 is 0 Å². The quantitative estimate of drug-likeness (QED) is 0.555. The van der Waals surface area contributed by atoms with Gasteiger partial charge in [0.2, 0.25) is 0 Å². The standard InChI is InChI=1S/C20H34O5/c1-14(2)7-5-8-15(3)9-6-10-16(4)11-12-24-20-19(23)18(22)17(21)13-25-20/h7,9,11,17-23H,5-6,8,10,12-13H2,1-4H3/t17-,18+,19-,20?/m1/s1. The van der Waals surface area contributed by atoms with Crippen LogP contribution in [0.3, 0.4) is 0 Å². The van der Waals surface area contributed by atoms with Crippen molar-refractivity contribution in [1.29, 1.82) is 0 Å². The van der Waals surface area contributed by atoms with Crippen LogP contribution >= 0.6 is 0 Å². The van der Waals surface area contributed by atoms with Crippen molar-refractivity contribution in [2.75, 3.05) is 13.2 Å². The second kappa shape index (κ2) is 11.6. The molecule has 1 unspecified atom stereocenters. The summed E-state index contributed by atoms with van der Waals surface area (Å²) >= 11 is 0. The maximum atomic E-state index is 9.79. The fourth-order valence-corrected chi connectivity index (χ4v) is 2.55. The Balaban J connectivity index is 2.26. The van der Waals surface area contributed by atoms with Gasteiger partial charge in [0.05, 0.1) is 13.2 Å². The molecule has 0 aromatic heterocycles. The lowest BCUT2D eigenvalue weighted by molar-refractivity contribution is -0.266. The van der Waals surface area contributed by atoms with Gasteiger partial charge in [-0.05, 0) is 53.4 Å². The molecule has 0 aliphatic carbocycles. The molecule has 1 saturated heterocycles. The molecule has 0 radical (unpaired) electrons. The van der Waals surface area contributed by atoms with Crippen LogP contribution in [-0.4, -0.2) is 53.1 Å². The smallest absolute Gasteiger partial charge is 0.186 e. The highest BCUT2D eigenvalue weighted by Gasteiger charge is 2.37. The first-order chi connectivity index (χ1) is 11.8. The summed E-state index contributed by atoms with van der Waals surface area (Å²) in [6.07, 6.45) is 6.21. The Morgan fingerprint density at radius 1 is 0.920 bits per heavy atom. The number of allylic oxidation sites excluding steroid dienone is 5. The van der Waals surface area contributed by atoms with Crippen LogP contribution in [0.5, 0.6) is 0 Å². The molecule has 1 rings (SSSR count). The van der Waals surface area contributed by atoms with Crippen LogP contribution in [0.2, 0.25) is 0 Å². The summed E-state index contributed by atoms with van der Waals surface area (Å²) in [6.45, 7) is 8.72. The Morgan fingerprint density at radius 3 is 2.16 bits per heavy atom. The van der Waals surface area contributed by atoms with Crippen LogP contribution in [0.15, 0.2) is 34.9 Å². The molecular weight excluding hydrogens is 320 g/mol. The summed E-state index contributed by atoms with van der Waals surface area (Å²) < 4.78 is 10.6. The molecule has 3 N–H and O–H groups in total. The highest BCUT2D eigenvalue weighted by Crippen LogP contribution is 2.17. The lowest BCUT2D eigenvalue weighted by Gasteiger charge is -2.34. The van der Waals surface area contributed by atoms with E-state index < -0.39 is 24.6 Å². The minimum Gasteiger partial charge on any atom is -0.388 e. The van der Waals surface area contributed by atoms with Crippen molar-refractivity contribution in [1.82, 2.24) is 0 Å². The fourth-order valence-electron chi connectivity index (χ4n) is 2.55. The molecule has 0 bridgehead atoms. The highest BCUT2D eigenvalue weighted by molar-refractivity contribution is 5.05. The molecule has 0 spiro atoms. The molecule has 0 aromatic carbocycles. The van der Waals surface area contributed by atoms with Gasteiger partial charge in [0.25, 0.3) is 0 Å². The van der Waals surface area contributed by atoms with Crippen LogP contribution in [-0.2, 0) is 9.47 Å². The topological polar surface area (TPSA) is 79.2 Å². The molecule has 5 heteroatoms. The molecule has 5 nitrogen and oxygen atoms in total. The first-order valence-electron chi connectivity index (χ1n) is 9.03. The average Bonchev–Trinajstić information content (AvgIpc) is 2.54. The number of aliphatic hydroxyl groups excluding tert-OH is 3. The molecule has 144 valence electrons. The van der Waals surface area contributed by atoms with Gasteiger partial charge in [0, 0.05) is 0 Å². The van der Waals surface area contributed by atoms with E-state index in [1.54, 1.807) is 0 Å². The van der Waals surface area contributed by atoms with Gasteiger partial charge in [-0.15, -0.1) is 0 Å². The zero-order valence-corrected chi connectivity index (χ0v) is 15.9. The van der Waals surface area contributed by atoms with Crippen molar-refractivity contribution in [2.45, 2.75) is 78.0 Å². The monoisotopic (exact) mass is 354 g/mol. The lowest BCUT2D eigenvalue weighted by Crippen LogP contribution is -2.53. The summed E-state index contributed by atoms with van der Waals surface area (Å²) in [7, 11) is 0. The number of aliphatic hydroxyl groups is 3. The fraction of sp³-hybridized carbons (Fsp3) is 0.700. The molecule has 4 atom stereocenters. The Kier molecular flexibility index (Phi) is 10.2. The molecule has 0 saturated carbocycles. The molecule has 1 aliphatic rings. The maximum absolute atomic E-state index is 9.79. The van der Waals surface area contributed by atoms with Crippen molar-refractivity contribution < 1.29 is 24.8 Å². The molecule has 1 heterocycles. The van der Waals surface area contributed by atoms with Gasteiger partial charge < -0.3 is 24.8 Å². The number of hydrogen-bond acceptors (Lipinski definition) is 5. The third-order valence-electron chi connectivity index (χ3n) is 4.27. The largest absolute Gasteiger partial charge is 0.388 e. The predicted octanol–water partition coefficient (Wildman–Crippen LogP) is 2.86. The Labute approximate surface area is 151 Å². The second-order valence-corrected chi connectivity index (χ2v) is 7.04. The van der Waals surface area contributed by atoms with Crippen LogP contribution in [0.25, 0.3) is 0 Å². The first kappa shape index (κ1) is 22.1. The summed E-state index contributed by atoms with van der Waals surface area (Å²) in [4.78, 5) is 0. The third kappa shape index (κ3) is 8.79. The SMILES string of the molecule is CC(C)=CCCC(C)=CCCC(C)=CCOC1OC[C@@H](O)[C@H](O)[C@H]1O. The molecule has 1 fully saturated rings. The zero-order chi connectivity index (χ0) is 18.8. The van der Waals surface area contributed by atoms with E-state index in [1.165, 1.54) is 16.7 Å². The van der Waals surface area contributed by atoms with Gasteiger partial charge in [-0.2, -0.15) is 0 Å². The summed E-state index contributed by atoms with van der Waals surface area (Å²) in [5, 5.41) is 28.8. The van der Waals surface area contributed by atoms with Gasteiger partial charge in [0.1, 0.15) is 18.3 Å². The van der Waals surface area contributed by atoms with E-state index in [2.05, 4.69) is 32.9 Å². The minimum absolute atomic E-state index is 0.0393. The first-order valence-corrected chi connectivity index (χ1v) is 9.03. The van der Waals surface area contributed by atoms with E-state index in [0.29, 0.717) is 6.61 Å². The van der Waals surface area contributed by atoms with Crippen LogP contribution in [0.1, 0.15) is 53.4 Å². The van der Waals surface area contributed by atoms with Crippen molar-refractivity contribution in [3.8, 4) is 0 Å². The number of rotatable bonds is 9. The second-order valence-electron chi connectivity index (χ2n) is 7.04. The normalized spacial score (nSPS) is 28.1. The van der Waals surface area contributed by atoms with Gasteiger partial charge in [-0.3, -0.25) is 0 Å². The maximum Gasteiger partial charge on any atom is 0.186 e. The molecular formula is C20H34O5. The number of hydrogen-bond donors (Lipinski definition) is 3. The summed E-state index contributed by atoms with van der Waals surface area (Å²) in [6, 6.07) is 0. The van der Waals surface area contributed by atoms with Crippen LogP contribution in [0.4, 0.5) is 0 Å². The Hall–Kier alpha value is -0.980. The summed E-state index contributed by atoms with van der Waals surface area (Å²) in [5.74, 6) is 0. The third-order valence-corrected chi connectivity index (χ3v) is 4.27. The minimum atomic E-state index is -1.23. The van der Waals surface area contributed by atoms with E-state index in [-0.39, 0.29) is 6.61 Å². The lowest BCUT2D eigenvalue weighted by atomic mass is 10.1. The average molecular weight is 354 g/mol. The molecule has 0 aromatic rings. The molecule has 0 amide bonds. The van der Waals surface area contributed by atoms with Gasteiger partial charge in [0.15, 0.2) is 6.29 Å². The van der Waals surface area contributed by atoms with Gasteiger partial charge in [-0.25, -0.2) is 0 Å². The van der Waals surface area contributed by atoms with Crippen molar-refractivity contribution in [2.24, 2.45) is 0 Å². The van der Waals surface area contributed by atoms with Crippen molar-refractivity contribution in [3.05, 3.63) is 34.9 Å². The zero-order valence-electron chi connectivity index (χ0n) is 15.9. The highest BCUT2D eigenvalue weighted by atomic mass is 16.7. The van der Waals surface area contributed by atoms with E-state index in [1.807, 2.05) is 13.0 Å². The van der Waals surface area contributed by atoms with Crippen LogP contribution in [0, 0.1) is 0 Å².